The summed E-state index contributed by atoms with van der Waals surface area (Å²) in [6.07, 6.45) is 1.47. The fourth-order valence-corrected chi connectivity index (χ4v) is 3.16. The average Bonchev–Trinajstić information content (AvgIpc) is 2.30. The third-order valence-electron chi connectivity index (χ3n) is 3.36. The molecular weight excluding hydrogens is 304 g/mol. The lowest BCUT2D eigenvalue weighted by Crippen LogP contribution is -2.45. The molecule has 0 aromatic heterocycles. The van der Waals surface area contributed by atoms with Crippen molar-refractivity contribution in [2.24, 2.45) is 5.73 Å². The first-order chi connectivity index (χ1) is 8.95. The fourth-order valence-electron chi connectivity index (χ4n) is 2.63. The van der Waals surface area contributed by atoms with Crippen molar-refractivity contribution in [3.05, 3.63) is 28.2 Å². The van der Waals surface area contributed by atoms with Crippen LogP contribution in [0.4, 0.5) is 5.69 Å². The van der Waals surface area contributed by atoms with E-state index in [0.29, 0.717) is 0 Å². The number of rotatable bonds is 3. The van der Waals surface area contributed by atoms with Gasteiger partial charge < -0.3 is 15.4 Å². The number of anilines is 1. The Hall–Kier alpha value is -0.580. The maximum Gasteiger partial charge on any atom is 0.0726 e. The maximum atomic E-state index is 5.86. The second-order valence-corrected chi connectivity index (χ2v) is 6.47. The Morgan fingerprint density at radius 3 is 2.53 bits per heavy atom. The minimum atomic E-state index is 0.186. The predicted molar refractivity (Wildman–Crippen MR) is 83.7 cm³/mol. The molecule has 1 fully saturated rings. The van der Waals surface area contributed by atoms with Crippen molar-refractivity contribution < 1.29 is 4.74 Å². The fraction of sp³-hybridized carbons (Fsp3) is 0.600. The molecule has 3 atom stereocenters. The average molecular weight is 327 g/mol. The van der Waals surface area contributed by atoms with Gasteiger partial charge in [-0.25, -0.2) is 0 Å². The normalized spacial score (nSPS) is 25.4. The molecular formula is C15H23BrN2O. The van der Waals surface area contributed by atoms with E-state index < -0.39 is 0 Å². The van der Waals surface area contributed by atoms with Gasteiger partial charge in [-0.15, -0.1) is 0 Å². The van der Waals surface area contributed by atoms with Gasteiger partial charge in [0, 0.05) is 29.3 Å². The molecule has 0 aliphatic carbocycles. The molecule has 4 heteroatoms. The first kappa shape index (κ1) is 14.8. The van der Waals surface area contributed by atoms with Gasteiger partial charge in [0.2, 0.25) is 0 Å². The lowest BCUT2D eigenvalue weighted by molar-refractivity contribution is -0.00521. The summed E-state index contributed by atoms with van der Waals surface area (Å²) in [5.74, 6) is 0. The molecule has 2 N–H and O–H groups in total. The Balaban J connectivity index is 2.15. The second kappa shape index (κ2) is 6.25. The van der Waals surface area contributed by atoms with Gasteiger partial charge in [0.15, 0.2) is 0 Å². The molecule has 0 saturated carbocycles. The highest BCUT2D eigenvalue weighted by Gasteiger charge is 2.22. The van der Waals surface area contributed by atoms with Gasteiger partial charge in [-0.05, 0) is 44.9 Å². The summed E-state index contributed by atoms with van der Waals surface area (Å²) in [5.41, 5.74) is 8.39. The molecule has 1 aliphatic heterocycles. The molecule has 1 aliphatic rings. The molecule has 3 unspecified atom stereocenters. The monoisotopic (exact) mass is 326 g/mol. The largest absolute Gasteiger partial charge is 0.372 e. The summed E-state index contributed by atoms with van der Waals surface area (Å²) in [4.78, 5) is 2.39. The van der Waals surface area contributed by atoms with Crippen LogP contribution in [0, 0.1) is 0 Å². The van der Waals surface area contributed by atoms with Gasteiger partial charge in [-0.3, -0.25) is 0 Å². The quantitative estimate of drug-likeness (QED) is 0.928. The van der Waals surface area contributed by atoms with E-state index in [1.807, 2.05) is 6.92 Å². The molecule has 1 saturated heterocycles. The highest BCUT2D eigenvalue weighted by atomic mass is 79.9. The van der Waals surface area contributed by atoms with Crippen LogP contribution in [0.25, 0.3) is 0 Å². The molecule has 1 aromatic rings. The van der Waals surface area contributed by atoms with E-state index in [1.165, 1.54) is 11.3 Å². The zero-order valence-electron chi connectivity index (χ0n) is 11.9. The lowest BCUT2D eigenvalue weighted by atomic mass is 10.1. The smallest absolute Gasteiger partial charge is 0.0726 e. The SMILES string of the molecule is CC(N)Cc1ccc(N2CC(C)OC(C)C2)cc1Br. The van der Waals surface area contributed by atoms with E-state index in [1.54, 1.807) is 0 Å². The standard InChI is InChI=1S/C15H23BrN2O/c1-10(17)6-13-4-5-14(7-15(13)16)18-8-11(2)19-12(3)9-18/h4-5,7,10-12H,6,8-9,17H2,1-3H3. The van der Waals surface area contributed by atoms with Crippen LogP contribution in [0.5, 0.6) is 0 Å². The summed E-state index contributed by atoms with van der Waals surface area (Å²) in [5, 5.41) is 0. The number of nitrogens with zero attached hydrogens (tertiary/aromatic N) is 1. The summed E-state index contributed by atoms with van der Waals surface area (Å²) in [6, 6.07) is 6.74. The highest BCUT2D eigenvalue weighted by Crippen LogP contribution is 2.27. The summed E-state index contributed by atoms with van der Waals surface area (Å²) >= 11 is 3.66. The number of hydrogen-bond acceptors (Lipinski definition) is 3. The summed E-state index contributed by atoms with van der Waals surface area (Å²) in [7, 11) is 0. The lowest BCUT2D eigenvalue weighted by Gasteiger charge is -2.37. The van der Waals surface area contributed by atoms with E-state index in [2.05, 4.69) is 52.9 Å². The van der Waals surface area contributed by atoms with E-state index in [0.717, 1.165) is 24.0 Å². The van der Waals surface area contributed by atoms with Crippen LogP contribution in [0.1, 0.15) is 26.3 Å². The molecule has 1 heterocycles. The highest BCUT2D eigenvalue weighted by molar-refractivity contribution is 9.10. The van der Waals surface area contributed by atoms with Crippen LogP contribution < -0.4 is 10.6 Å². The van der Waals surface area contributed by atoms with Crippen LogP contribution in [-0.4, -0.2) is 31.3 Å². The van der Waals surface area contributed by atoms with Gasteiger partial charge >= 0.3 is 0 Å². The third-order valence-corrected chi connectivity index (χ3v) is 4.10. The van der Waals surface area contributed by atoms with Crippen molar-refractivity contribution in [2.75, 3.05) is 18.0 Å². The number of ether oxygens (including phenoxy) is 1. The number of hydrogen-bond donors (Lipinski definition) is 1. The first-order valence-corrected chi connectivity index (χ1v) is 7.69. The van der Waals surface area contributed by atoms with Crippen LogP contribution in [0.15, 0.2) is 22.7 Å². The van der Waals surface area contributed by atoms with Crippen LogP contribution in [0.2, 0.25) is 0 Å². The molecule has 19 heavy (non-hydrogen) atoms. The molecule has 0 amide bonds. The number of morpholine rings is 1. The van der Waals surface area contributed by atoms with Crippen molar-refractivity contribution >= 4 is 21.6 Å². The van der Waals surface area contributed by atoms with Crippen LogP contribution >= 0.6 is 15.9 Å². The topological polar surface area (TPSA) is 38.5 Å². The van der Waals surface area contributed by atoms with Crippen molar-refractivity contribution in [3.8, 4) is 0 Å². The van der Waals surface area contributed by atoms with Crippen LogP contribution in [0.3, 0.4) is 0 Å². The van der Waals surface area contributed by atoms with Gasteiger partial charge in [0.1, 0.15) is 0 Å². The van der Waals surface area contributed by atoms with Gasteiger partial charge in [0.25, 0.3) is 0 Å². The zero-order valence-corrected chi connectivity index (χ0v) is 13.5. The minimum absolute atomic E-state index is 0.186. The zero-order chi connectivity index (χ0) is 14.0. The minimum Gasteiger partial charge on any atom is -0.372 e. The number of halogens is 1. The number of benzene rings is 1. The molecule has 0 bridgehead atoms. The Morgan fingerprint density at radius 1 is 1.37 bits per heavy atom. The molecule has 3 nitrogen and oxygen atoms in total. The van der Waals surface area contributed by atoms with Gasteiger partial charge in [0.05, 0.1) is 12.2 Å². The Labute approximate surface area is 124 Å². The molecule has 2 rings (SSSR count). The second-order valence-electron chi connectivity index (χ2n) is 5.62. The van der Waals surface area contributed by atoms with Crippen molar-refractivity contribution in [1.29, 1.82) is 0 Å². The van der Waals surface area contributed by atoms with Crippen molar-refractivity contribution in [3.63, 3.8) is 0 Å². The first-order valence-electron chi connectivity index (χ1n) is 6.90. The Bertz CT molecular complexity index is 426. The number of nitrogens with two attached hydrogens (primary N) is 1. The predicted octanol–water partition coefficient (Wildman–Crippen LogP) is 2.95. The third kappa shape index (κ3) is 3.94. The van der Waals surface area contributed by atoms with Crippen molar-refractivity contribution in [2.45, 2.75) is 45.4 Å². The van der Waals surface area contributed by atoms with E-state index >= 15 is 0 Å². The van der Waals surface area contributed by atoms with E-state index in [-0.39, 0.29) is 18.2 Å². The summed E-state index contributed by atoms with van der Waals surface area (Å²) < 4.78 is 6.92. The van der Waals surface area contributed by atoms with E-state index in [4.69, 9.17) is 10.5 Å². The molecule has 106 valence electrons. The molecule has 0 radical (unpaired) electrons. The maximum absolute atomic E-state index is 5.86. The van der Waals surface area contributed by atoms with Gasteiger partial charge in [-0.1, -0.05) is 22.0 Å². The Morgan fingerprint density at radius 2 is 2.00 bits per heavy atom. The van der Waals surface area contributed by atoms with E-state index in [9.17, 15) is 0 Å². The van der Waals surface area contributed by atoms with Gasteiger partial charge in [-0.2, -0.15) is 0 Å². The van der Waals surface area contributed by atoms with Crippen LogP contribution in [-0.2, 0) is 11.2 Å². The van der Waals surface area contributed by atoms with Crippen molar-refractivity contribution in [1.82, 2.24) is 0 Å². The molecule has 0 spiro atoms. The Kier molecular flexibility index (Phi) is 4.87. The summed E-state index contributed by atoms with van der Waals surface area (Å²) in [6.45, 7) is 8.18. The molecule has 1 aromatic carbocycles.